The summed E-state index contributed by atoms with van der Waals surface area (Å²) in [6.07, 6.45) is -3.45. The summed E-state index contributed by atoms with van der Waals surface area (Å²) < 4.78 is 43.5. The lowest BCUT2D eigenvalue weighted by molar-refractivity contribution is -0.137. The Morgan fingerprint density at radius 3 is 2.30 bits per heavy atom. The van der Waals surface area contributed by atoms with E-state index in [1.165, 1.54) is 49.6 Å². The van der Waals surface area contributed by atoms with Crippen molar-refractivity contribution in [3.63, 3.8) is 0 Å². The van der Waals surface area contributed by atoms with Crippen molar-refractivity contribution in [3.05, 3.63) is 70.8 Å². The third-order valence-corrected chi connectivity index (χ3v) is 3.49. The van der Waals surface area contributed by atoms with E-state index in [9.17, 15) is 28.0 Å². The maximum Gasteiger partial charge on any atom is 0.418 e. The van der Waals surface area contributed by atoms with E-state index in [2.05, 4.69) is 10.1 Å². The summed E-state index contributed by atoms with van der Waals surface area (Å²) in [6, 6.07) is 11.9. The number of para-hydroxylation sites is 1. The second-order valence-corrected chi connectivity index (χ2v) is 5.28. The van der Waals surface area contributed by atoms with E-state index in [-0.39, 0.29) is 5.56 Å². The first-order valence-corrected chi connectivity index (χ1v) is 7.54. The summed E-state index contributed by atoms with van der Waals surface area (Å²) in [5.74, 6) is -1.53. The molecule has 2 aromatic rings. The van der Waals surface area contributed by atoms with E-state index in [0.717, 1.165) is 12.1 Å². The van der Waals surface area contributed by atoms with Gasteiger partial charge in [0.05, 0.1) is 23.9 Å². The lowest BCUT2D eigenvalue weighted by Gasteiger charge is -2.13. The van der Waals surface area contributed by atoms with Crippen molar-refractivity contribution < 1.29 is 27.5 Å². The number of hydrogen-bond acceptors (Lipinski definition) is 4. The lowest BCUT2D eigenvalue weighted by Crippen LogP contribution is -2.17. The highest BCUT2D eigenvalue weighted by molar-refractivity contribution is 6.10. The van der Waals surface area contributed by atoms with Crippen molar-refractivity contribution in [2.75, 3.05) is 12.4 Å². The van der Waals surface area contributed by atoms with Gasteiger partial charge in [0, 0.05) is 0 Å². The smallest absolute Gasteiger partial charge is 0.418 e. The molecule has 0 aliphatic rings. The van der Waals surface area contributed by atoms with Crippen molar-refractivity contribution >= 4 is 23.6 Å². The molecule has 5 nitrogen and oxygen atoms in total. The minimum absolute atomic E-state index is 0.275. The Balaban J connectivity index is 2.26. The number of nitrogens with zero attached hydrogens (tertiary/aromatic N) is 1. The maximum absolute atomic E-state index is 13.0. The number of hydrogen-bond donors (Lipinski definition) is 1. The first-order chi connectivity index (χ1) is 12.8. The van der Waals surface area contributed by atoms with Crippen LogP contribution in [0.2, 0.25) is 0 Å². The van der Waals surface area contributed by atoms with Gasteiger partial charge in [0.1, 0.15) is 11.6 Å². The SMILES string of the molecule is COC(=O)c1ccc(C=C(C#N)C(=O)Nc2ccccc2C(F)(F)F)cc1. The Hall–Kier alpha value is -3.60. The molecule has 0 saturated carbocycles. The maximum atomic E-state index is 13.0. The second-order valence-electron chi connectivity index (χ2n) is 5.28. The lowest BCUT2D eigenvalue weighted by atomic mass is 10.1. The van der Waals surface area contributed by atoms with Crippen molar-refractivity contribution in [1.82, 2.24) is 0 Å². The number of ether oxygens (including phenoxy) is 1. The van der Waals surface area contributed by atoms with E-state index < -0.39 is 34.9 Å². The van der Waals surface area contributed by atoms with Crippen LogP contribution in [0.3, 0.4) is 0 Å². The summed E-state index contributed by atoms with van der Waals surface area (Å²) in [5.41, 5.74) is -1.16. The zero-order valence-electron chi connectivity index (χ0n) is 14.0. The highest BCUT2D eigenvalue weighted by Crippen LogP contribution is 2.34. The third-order valence-electron chi connectivity index (χ3n) is 3.49. The molecular weight excluding hydrogens is 361 g/mol. The van der Waals surface area contributed by atoms with Crippen LogP contribution < -0.4 is 5.32 Å². The summed E-state index contributed by atoms with van der Waals surface area (Å²) >= 11 is 0. The Kier molecular flexibility index (Phi) is 5.98. The molecule has 0 radical (unpaired) electrons. The van der Waals surface area contributed by atoms with Crippen molar-refractivity contribution in [2.45, 2.75) is 6.18 Å². The van der Waals surface area contributed by atoms with Gasteiger partial charge in [-0.3, -0.25) is 4.79 Å². The van der Waals surface area contributed by atoms with Crippen LogP contribution in [0, 0.1) is 11.3 Å². The number of rotatable bonds is 4. The van der Waals surface area contributed by atoms with E-state index in [4.69, 9.17) is 0 Å². The zero-order valence-corrected chi connectivity index (χ0v) is 14.0. The highest BCUT2D eigenvalue weighted by Gasteiger charge is 2.33. The number of alkyl halides is 3. The van der Waals surface area contributed by atoms with E-state index in [0.29, 0.717) is 5.56 Å². The van der Waals surface area contributed by atoms with E-state index >= 15 is 0 Å². The average Bonchev–Trinajstić information content (AvgIpc) is 2.65. The monoisotopic (exact) mass is 374 g/mol. The quantitative estimate of drug-likeness (QED) is 0.498. The number of benzene rings is 2. The van der Waals surface area contributed by atoms with Gasteiger partial charge in [-0.05, 0) is 35.9 Å². The summed E-state index contributed by atoms with van der Waals surface area (Å²) in [7, 11) is 1.23. The van der Waals surface area contributed by atoms with Crippen molar-refractivity contribution in [1.29, 1.82) is 5.26 Å². The van der Waals surface area contributed by atoms with Gasteiger partial charge in [-0.1, -0.05) is 24.3 Å². The van der Waals surface area contributed by atoms with Crippen LogP contribution in [-0.2, 0) is 15.7 Å². The van der Waals surface area contributed by atoms with Crippen LogP contribution in [0.25, 0.3) is 6.08 Å². The third kappa shape index (κ3) is 4.95. The molecule has 1 amide bonds. The minimum Gasteiger partial charge on any atom is -0.465 e. The number of anilines is 1. The first kappa shape index (κ1) is 19.7. The number of nitrogens with one attached hydrogen (secondary N) is 1. The van der Waals surface area contributed by atoms with Crippen LogP contribution in [0.5, 0.6) is 0 Å². The molecule has 0 spiro atoms. The van der Waals surface area contributed by atoms with Crippen molar-refractivity contribution in [2.24, 2.45) is 0 Å². The van der Waals surface area contributed by atoms with Gasteiger partial charge < -0.3 is 10.1 Å². The predicted molar refractivity (Wildman–Crippen MR) is 91.4 cm³/mol. The number of carbonyl (C=O) groups excluding carboxylic acids is 2. The molecule has 0 unspecified atom stereocenters. The first-order valence-electron chi connectivity index (χ1n) is 7.54. The molecule has 8 heteroatoms. The molecule has 0 saturated heterocycles. The minimum atomic E-state index is -4.65. The molecule has 0 aliphatic heterocycles. The van der Waals surface area contributed by atoms with Crippen LogP contribution in [-0.4, -0.2) is 19.0 Å². The molecule has 0 heterocycles. The van der Waals surface area contributed by atoms with Gasteiger partial charge in [-0.25, -0.2) is 4.79 Å². The molecule has 2 rings (SSSR count). The number of nitriles is 1. The van der Waals surface area contributed by atoms with E-state index in [1.807, 2.05) is 0 Å². The molecule has 0 aromatic heterocycles. The second kappa shape index (κ2) is 8.19. The fourth-order valence-corrected chi connectivity index (χ4v) is 2.18. The highest BCUT2D eigenvalue weighted by atomic mass is 19.4. The van der Waals surface area contributed by atoms with Gasteiger partial charge in [0.25, 0.3) is 5.91 Å². The van der Waals surface area contributed by atoms with Gasteiger partial charge in [0.15, 0.2) is 0 Å². The predicted octanol–water partition coefficient (Wildman–Crippen LogP) is 4.04. The zero-order chi connectivity index (χ0) is 20.0. The normalized spacial score (nSPS) is 11.4. The molecule has 0 bridgehead atoms. The number of halogens is 3. The van der Waals surface area contributed by atoms with Gasteiger partial charge in [0.2, 0.25) is 0 Å². The molecule has 138 valence electrons. The number of methoxy groups -OCH3 is 1. The van der Waals surface area contributed by atoms with Gasteiger partial charge >= 0.3 is 12.1 Å². The molecule has 2 aromatic carbocycles. The Labute approximate surface area is 152 Å². The molecule has 27 heavy (non-hydrogen) atoms. The Morgan fingerprint density at radius 2 is 1.74 bits per heavy atom. The van der Waals surface area contributed by atoms with Crippen molar-refractivity contribution in [3.8, 4) is 6.07 Å². The van der Waals surface area contributed by atoms with Crippen LogP contribution in [0.4, 0.5) is 18.9 Å². The number of esters is 1. The number of amides is 1. The summed E-state index contributed by atoms with van der Waals surface area (Å²) in [5, 5.41) is 11.3. The summed E-state index contributed by atoms with van der Waals surface area (Å²) in [6.45, 7) is 0. The topological polar surface area (TPSA) is 79.2 Å². The Bertz CT molecular complexity index is 926. The number of carbonyl (C=O) groups is 2. The standard InChI is InChI=1S/C19H13F3N2O3/c1-27-18(26)13-8-6-12(7-9-13)10-14(11-23)17(25)24-16-5-3-2-4-15(16)19(20,21)22/h2-10H,1H3,(H,24,25). The molecule has 1 N–H and O–H groups in total. The van der Waals surface area contributed by atoms with Crippen LogP contribution in [0.15, 0.2) is 54.1 Å². The van der Waals surface area contributed by atoms with Crippen LogP contribution in [0.1, 0.15) is 21.5 Å². The largest absolute Gasteiger partial charge is 0.465 e. The van der Waals surface area contributed by atoms with Crippen LogP contribution >= 0.6 is 0 Å². The van der Waals surface area contributed by atoms with Gasteiger partial charge in [-0.2, -0.15) is 18.4 Å². The molecule has 0 aliphatic carbocycles. The fourth-order valence-electron chi connectivity index (χ4n) is 2.18. The Morgan fingerprint density at radius 1 is 1.11 bits per heavy atom. The molecular formula is C19H13F3N2O3. The molecule has 0 fully saturated rings. The fraction of sp³-hybridized carbons (Fsp3) is 0.105. The average molecular weight is 374 g/mol. The van der Waals surface area contributed by atoms with E-state index in [1.54, 1.807) is 6.07 Å². The van der Waals surface area contributed by atoms with Gasteiger partial charge in [-0.15, -0.1) is 0 Å². The summed E-state index contributed by atoms with van der Waals surface area (Å²) in [4.78, 5) is 23.6. The molecule has 0 atom stereocenters.